The molecule has 1 heterocycles. The Hall–Kier alpha value is -0.480. The summed E-state index contributed by atoms with van der Waals surface area (Å²) in [6, 6.07) is 0. The Balaban J connectivity index is 1.95. The highest BCUT2D eigenvalue weighted by atomic mass is 16.5. The first kappa shape index (κ1) is 6.64. The van der Waals surface area contributed by atoms with Gasteiger partial charge in [-0.05, 0) is 19.8 Å². The molecule has 0 spiro atoms. The van der Waals surface area contributed by atoms with Crippen LogP contribution in [-0.2, 0) is 4.74 Å². The van der Waals surface area contributed by atoms with Crippen LogP contribution in [-0.4, -0.2) is 12.7 Å². The third-order valence-electron chi connectivity index (χ3n) is 1.56. The Labute approximate surface area is 56.4 Å². The Morgan fingerprint density at radius 2 is 2.44 bits per heavy atom. The normalized spacial score (nSPS) is 23.9. The minimum absolute atomic E-state index is 0.533. The molecule has 1 rings (SSSR count). The molecule has 1 fully saturated rings. The standard InChI is InChI=1S/C8H12O/c1-2-3-4-5-8-6-7-9-8/h8H,4-7H2,1H3. The first-order valence-electron chi connectivity index (χ1n) is 3.44. The maximum Gasteiger partial charge on any atom is 0.0606 e. The predicted octanol–water partition coefficient (Wildman–Crippen LogP) is 1.58. The van der Waals surface area contributed by atoms with Crippen LogP contribution in [0.2, 0.25) is 0 Å². The van der Waals surface area contributed by atoms with Gasteiger partial charge in [0.05, 0.1) is 6.10 Å². The van der Waals surface area contributed by atoms with Gasteiger partial charge in [-0.1, -0.05) is 0 Å². The second-order valence-corrected chi connectivity index (χ2v) is 2.25. The molecule has 1 saturated heterocycles. The molecule has 0 aromatic heterocycles. The van der Waals surface area contributed by atoms with E-state index in [9.17, 15) is 0 Å². The smallest absolute Gasteiger partial charge is 0.0606 e. The average molecular weight is 124 g/mol. The van der Waals surface area contributed by atoms with E-state index in [0.717, 1.165) is 19.4 Å². The van der Waals surface area contributed by atoms with Gasteiger partial charge < -0.3 is 4.74 Å². The van der Waals surface area contributed by atoms with Crippen molar-refractivity contribution in [1.29, 1.82) is 0 Å². The van der Waals surface area contributed by atoms with Gasteiger partial charge in [-0.25, -0.2) is 0 Å². The average Bonchev–Trinajstić information content (AvgIpc) is 1.76. The second kappa shape index (κ2) is 3.53. The van der Waals surface area contributed by atoms with Crippen molar-refractivity contribution in [3.05, 3.63) is 0 Å². The lowest BCUT2D eigenvalue weighted by molar-refractivity contribution is -0.0535. The SMILES string of the molecule is CC#CCCC1CCO1. The van der Waals surface area contributed by atoms with Crippen LogP contribution in [0.5, 0.6) is 0 Å². The summed E-state index contributed by atoms with van der Waals surface area (Å²) in [6.07, 6.45) is 3.90. The van der Waals surface area contributed by atoms with E-state index < -0.39 is 0 Å². The van der Waals surface area contributed by atoms with E-state index in [-0.39, 0.29) is 0 Å². The number of hydrogen-bond acceptors (Lipinski definition) is 1. The molecule has 0 aliphatic carbocycles. The quantitative estimate of drug-likeness (QED) is 0.508. The van der Waals surface area contributed by atoms with Gasteiger partial charge in [0.2, 0.25) is 0 Å². The molecule has 0 saturated carbocycles. The van der Waals surface area contributed by atoms with Crippen molar-refractivity contribution >= 4 is 0 Å². The maximum absolute atomic E-state index is 5.21. The van der Waals surface area contributed by atoms with E-state index >= 15 is 0 Å². The molecular formula is C8H12O. The molecule has 1 atom stereocenters. The van der Waals surface area contributed by atoms with Gasteiger partial charge in [0.15, 0.2) is 0 Å². The van der Waals surface area contributed by atoms with E-state index in [1.807, 2.05) is 6.92 Å². The zero-order valence-corrected chi connectivity index (χ0v) is 5.81. The summed E-state index contributed by atoms with van der Waals surface area (Å²) in [5.74, 6) is 5.88. The van der Waals surface area contributed by atoms with Gasteiger partial charge >= 0.3 is 0 Å². The molecule has 0 bridgehead atoms. The van der Waals surface area contributed by atoms with Crippen LogP contribution in [0.4, 0.5) is 0 Å². The summed E-state index contributed by atoms with van der Waals surface area (Å²) in [5.41, 5.74) is 0. The molecule has 0 radical (unpaired) electrons. The van der Waals surface area contributed by atoms with Gasteiger partial charge in [0, 0.05) is 13.0 Å². The highest BCUT2D eigenvalue weighted by Crippen LogP contribution is 2.15. The van der Waals surface area contributed by atoms with Crippen molar-refractivity contribution in [3.8, 4) is 11.8 Å². The van der Waals surface area contributed by atoms with Crippen molar-refractivity contribution in [2.75, 3.05) is 6.61 Å². The molecule has 0 aromatic carbocycles. The third kappa shape index (κ3) is 2.07. The van der Waals surface area contributed by atoms with E-state index in [4.69, 9.17) is 4.74 Å². The molecule has 0 N–H and O–H groups in total. The van der Waals surface area contributed by atoms with Gasteiger partial charge in [0.25, 0.3) is 0 Å². The van der Waals surface area contributed by atoms with Crippen LogP contribution >= 0.6 is 0 Å². The first-order valence-corrected chi connectivity index (χ1v) is 3.44. The van der Waals surface area contributed by atoms with Crippen LogP contribution in [0.3, 0.4) is 0 Å². The molecule has 50 valence electrons. The molecule has 9 heavy (non-hydrogen) atoms. The third-order valence-corrected chi connectivity index (χ3v) is 1.56. The number of ether oxygens (including phenoxy) is 1. The minimum atomic E-state index is 0.533. The molecule has 0 amide bonds. The van der Waals surface area contributed by atoms with Gasteiger partial charge in [-0.3, -0.25) is 0 Å². The largest absolute Gasteiger partial charge is 0.378 e. The Bertz CT molecular complexity index is 125. The van der Waals surface area contributed by atoms with E-state index in [1.165, 1.54) is 6.42 Å². The van der Waals surface area contributed by atoms with Gasteiger partial charge in [-0.2, -0.15) is 0 Å². The van der Waals surface area contributed by atoms with Gasteiger partial charge in [0.1, 0.15) is 0 Å². The molecule has 1 nitrogen and oxygen atoms in total. The molecule has 1 unspecified atom stereocenters. The van der Waals surface area contributed by atoms with Gasteiger partial charge in [-0.15, -0.1) is 11.8 Å². The Kier molecular flexibility index (Phi) is 2.60. The zero-order chi connectivity index (χ0) is 6.53. The van der Waals surface area contributed by atoms with Crippen LogP contribution in [0, 0.1) is 11.8 Å². The summed E-state index contributed by atoms with van der Waals surface area (Å²) < 4.78 is 5.21. The summed E-state index contributed by atoms with van der Waals surface area (Å²) in [4.78, 5) is 0. The van der Waals surface area contributed by atoms with Crippen LogP contribution < -0.4 is 0 Å². The van der Waals surface area contributed by atoms with E-state index in [2.05, 4.69) is 11.8 Å². The molecule has 1 heteroatoms. The summed E-state index contributed by atoms with van der Waals surface area (Å²) in [6.45, 7) is 2.84. The highest BCUT2D eigenvalue weighted by molar-refractivity contribution is 4.95. The first-order chi connectivity index (χ1) is 4.43. The topological polar surface area (TPSA) is 9.23 Å². The van der Waals surface area contributed by atoms with Crippen molar-refractivity contribution in [1.82, 2.24) is 0 Å². The Morgan fingerprint density at radius 1 is 1.67 bits per heavy atom. The molecule has 1 aliphatic heterocycles. The monoisotopic (exact) mass is 124 g/mol. The predicted molar refractivity (Wildman–Crippen MR) is 37.0 cm³/mol. The lowest BCUT2D eigenvalue weighted by Gasteiger charge is -2.25. The summed E-state index contributed by atoms with van der Waals surface area (Å²) in [5, 5.41) is 0. The van der Waals surface area contributed by atoms with Crippen LogP contribution in [0.25, 0.3) is 0 Å². The fourth-order valence-electron chi connectivity index (χ4n) is 0.870. The number of rotatable bonds is 2. The fourth-order valence-corrected chi connectivity index (χ4v) is 0.870. The number of hydrogen-bond donors (Lipinski definition) is 0. The van der Waals surface area contributed by atoms with Crippen molar-refractivity contribution in [3.63, 3.8) is 0 Å². The van der Waals surface area contributed by atoms with Crippen LogP contribution in [0.15, 0.2) is 0 Å². The van der Waals surface area contributed by atoms with Crippen molar-refractivity contribution in [2.45, 2.75) is 32.3 Å². The lowest BCUT2D eigenvalue weighted by Crippen LogP contribution is -2.26. The van der Waals surface area contributed by atoms with Crippen molar-refractivity contribution < 1.29 is 4.74 Å². The van der Waals surface area contributed by atoms with E-state index in [0.29, 0.717) is 6.10 Å². The van der Waals surface area contributed by atoms with Crippen molar-refractivity contribution in [2.24, 2.45) is 0 Å². The molecule has 0 aromatic rings. The summed E-state index contributed by atoms with van der Waals surface area (Å²) >= 11 is 0. The second-order valence-electron chi connectivity index (χ2n) is 2.25. The fraction of sp³-hybridized carbons (Fsp3) is 0.750. The lowest BCUT2D eigenvalue weighted by atomic mass is 10.1. The van der Waals surface area contributed by atoms with E-state index in [1.54, 1.807) is 0 Å². The summed E-state index contributed by atoms with van der Waals surface area (Å²) in [7, 11) is 0. The zero-order valence-electron chi connectivity index (χ0n) is 5.81. The maximum atomic E-state index is 5.21. The highest BCUT2D eigenvalue weighted by Gasteiger charge is 2.16. The Morgan fingerprint density at radius 3 is 2.89 bits per heavy atom. The molecular weight excluding hydrogens is 112 g/mol. The molecule has 1 aliphatic rings. The van der Waals surface area contributed by atoms with Crippen LogP contribution in [0.1, 0.15) is 26.2 Å². The minimum Gasteiger partial charge on any atom is -0.378 e.